The lowest BCUT2D eigenvalue weighted by Crippen LogP contribution is -2.60. The van der Waals surface area contributed by atoms with Gasteiger partial charge < -0.3 is 20.5 Å². The quantitative estimate of drug-likeness (QED) is 0.846. The third-order valence-corrected chi connectivity index (χ3v) is 5.54. The van der Waals surface area contributed by atoms with Crippen molar-refractivity contribution in [3.8, 4) is 0 Å². The van der Waals surface area contributed by atoms with Gasteiger partial charge in [0, 0.05) is 38.4 Å². The summed E-state index contributed by atoms with van der Waals surface area (Å²) in [7, 11) is 0. The molecule has 2 aliphatic rings. The fourth-order valence-corrected chi connectivity index (χ4v) is 3.89. The first kappa shape index (κ1) is 18.2. The van der Waals surface area contributed by atoms with E-state index in [9.17, 15) is 9.90 Å². The van der Waals surface area contributed by atoms with Gasteiger partial charge in [0.2, 0.25) is 0 Å². The van der Waals surface area contributed by atoms with E-state index in [1.54, 1.807) is 6.92 Å². The second-order valence-corrected chi connectivity index (χ2v) is 7.65. The first-order valence-corrected chi connectivity index (χ1v) is 9.01. The smallest absolute Gasteiger partial charge is 0.250 e. The van der Waals surface area contributed by atoms with Gasteiger partial charge in [-0.3, -0.25) is 9.69 Å². The molecule has 2 heterocycles. The molecule has 25 heavy (non-hydrogen) atoms. The van der Waals surface area contributed by atoms with E-state index in [2.05, 4.69) is 34.9 Å². The zero-order valence-corrected chi connectivity index (χ0v) is 15.2. The monoisotopic (exact) mass is 347 g/mol. The Kier molecular flexibility index (Phi) is 5.04. The van der Waals surface area contributed by atoms with Crippen molar-refractivity contribution in [2.75, 3.05) is 44.2 Å². The Morgan fingerprint density at radius 2 is 1.96 bits per heavy atom. The third kappa shape index (κ3) is 3.97. The fourth-order valence-electron chi connectivity index (χ4n) is 3.89. The minimum Gasteiger partial charge on any atom is -0.388 e. The lowest BCUT2D eigenvalue weighted by Gasteiger charge is -2.45. The van der Waals surface area contributed by atoms with Crippen LogP contribution in [-0.2, 0) is 9.53 Å². The molecule has 0 unspecified atom stereocenters. The molecule has 6 heteroatoms. The highest BCUT2D eigenvalue weighted by Gasteiger charge is 2.41. The van der Waals surface area contributed by atoms with Crippen LogP contribution < -0.4 is 10.6 Å². The van der Waals surface area contributed by atoms with Gasteiger partial charge in [0.25, 0.3) is 5.91 Å². The number of nitrogens with zero attached hydrogens (tertiary/aromatic N) is 2. The molecule has 2 fully saturated rings. The summed E-state index contributed by atoms with van der Waals surface area (Å²) in [5.74, 6) is -0.446. The second kappa shape index (κ2) is 6.94. The maximum Gasteiger partial charge on any atom is 0.250 e. The van der Waals surface area contributed by atoms with Crippen LogP contribution in [0.5, 0.6) is 0 Å². The number of aliphatic hydroxyl groups is 1. The number of carbonyl (C=O) groups is 1. The minimum atomic E-state index is -0.962. The molecule has 0 bridgehead atoms. The molecule has 2 aliphatic heterocycles. The maximum atomic E-state index is 11.6. The number of β-amino-alcohol motifs (C(OH)–C–C–N with tert-alkyl or cyclic N) is 1. The van der Waals surface area contributed by atoms with Gasteiger partial charge in [-0.05, 0) is 38.3 Å². The Bertz CT molecular complexity index is 628. The zero-order chi connectivity index (χ0) is 18.1. The predicted molar refractivity (Wildman–Crippen MR) is 97.6 cm³/mol. The standard InChI is InChI=1S/C19H29N3O3/c1-15-5-3-4-6-16(15)22-9-7-19(24,8-10-22)14-21-11-12-25-18(2,13-21)17(20)23/h3-6,24H,7-14H2,1-2H3,(H2,20,23)/t18-/m1/s1. The lowest BCUT2D eigenvalue weighted by molar-refractivity contribution is -0.157. The summed E-state index contributed by atoms with van der Waals surface area (Å²) in [5.41, 5.74) is 6.29. The van der Waals surface area contributed by atoms with E-state index in [-0.39, 0.29) is 0 Å². The van der Waals surface area contributed by atoms with Crippen molar-refractivity contribution in [2.45, 2.75) is 37.9 Å². The van der Waals surface area contributed by atoms with Gasteiger partial charge >= 0.3 is 0 Å². The molecule has 1 amide bonds. The van der Waals surface area contributed by atoms with E-state index in [1.807, 2.05) is 6.07 Å². The largest absolute Gasteiger partial charge is 0.388 e. The molecule has 0 radical (unpaired) electrons. The van der Waals surface area contributed by atoms with Crippen molar-refractivity contribution >= 4 is 11.6 Å². The number of morpholine rings is 1. The van der Waals surface area contributed by atoms with Gasteiger partial charge in [0.15, 0.2) is 5.60 Å². The van der Waals surface area contributed by atoms with E-state index in [0.717, 1.165) is 13.1 Å². The molecule has 0 spiro atoms. The van der Waals surface area contributed by atoms with Crippen LogP contribution in [-0.4, -0.2) is 66.4 Å². The number of ether oxygens (including phenoxy) is 1. The second-order valence-electron chi connectivity index (χ2n) is 7.65. The van der Waals surface area contributed by atoms with Gasteiger partial charge in [-0.25, -0.2) is 0 Å². The number of amides is 1. The number of piperidine rings is 1. The Labute approximate surface area is 149 Å². The van der Waals surface area contributed by atoms with Crippen molar-refractivity contribution < 1.29 is 14.6 Å². The Hall–Kier alpha value is -1.63. The number of rotatable bonds is 4. The number of primary amides is 1. The highest BCUT2D eigenvalue weighted by Crippen LogP contribution is 2.30. The van der Waals surface area contributed by atoms with E-state index in [0.29, 0.717) is 39.1 Å². The molecule has 1 aromatic rings. The first-order chi connectivity index (χ1) is 11.8. The van der Waals surface area contributed by atoms with Crippen LogP contribution in [0.3, 0.4) is 0 Å². The molecule has 3 rings (SSSR count). The molecular weight excluding hydrogens is 318 g/mol. The number of hydrogen-bond donors (Lipinski definition) is 2. The molecule has 3 N–H and O–H groups in total. The SMILES string of the molecule is Cc1ccccc1N1CCC(O)(CN2CCO[C@@](C)(C(N)=O)C2)CC1. The number of carbonyl (C=O) groups excluding carboxylic acids is 1. The van der Waals surface area contributed by atoms with Crippen LogP contribution in [0.25, 0.3) is 0 Å². The molecule has 0 saturated carbocycles. The summed E-state index contributed by atoms with van der Waals surface area (Å²) in [6.45, 7) is 7.68. The highest BCUT2D eigenvalue weighted by molar-refractivity contribution is 5.83. The maximum absolute atomic E-state index is 11.6. The molecule has 0 aromatic heterocycles. The van der Waals surface area contributed by atoms with Crippen LogP contribution in [0.15, 0.2) is 24.3 Å². The summed E-state index contributed by atoms with van der Waals surface area (Å²) in [6, 6.07) is 8.36. The number of nitrogens with two attached hydrogens (primary N) is 1. The predicted octanol–water partition coefficient (Wildman–Crippen LogP) is 0.903. The number of aryl methyl sites for hydroxylation is 1. The summed E-state index contributed by atoms with van der Waals surface area (Å²) in [4.78, 5) is 16.1. The van der Waals surface area contributed by atoms with Crippen LogP contribution in [0.2, 0.25) is 0 Å². The van der Waals surface area contributed by atoms with Gasteiger partial charge in [-0.1, -0.05) is 18.2 Å². The summed E-state index contributed by atoms with van der Waals surface area (Å²) >= 11 is 0. The number of hydrogen-bond acceptors (Lipinski definition) is 5. The minimum absolute atomic E-state index is 0.437. The molecule has 2 saturated heterocycles. The molecule has 1 aromatic carbocycles. The van der Waals surface area contributed by atoms with Crippen molar-refractivity contribution in [1.29, 1.82) is 0 Å². The molecule has 0 aliphatic carbocycles. The highest BCUT2D eigenvalue weighted by atomic mass is 16.5. The lowest BCUT2D eigenvalue weighted by atomic mass is 9.89. The molecule has 6 nitrogen and oxygen atoms in total. The van der Waals surface area contributed by atoms with Crippen LogP contribution in [0.4, 0.5) is 5.69 Å². The summed E-state index contributed by atoms with van der Waals surface area (Å²) in [5, 5.41) is 11.0. The average molecular weight is 347 g/mol. The van der Waals surface area contributed by atoms with Gasteiger partial charge in [-0.15, -0.1) is 0 Å². The van der Waals surface area contributed by atoms with Gasteiger partial charge in [-0.2, -0.15) is 0 Å². The van der Waals surface area contributed by atoms with Crippen LogP contribution in [0.1, 0.15) is 25.3 Å². The van der Waals surface area contributed by atoms with Crippen molar-refractivity contribution in [3.05, 3.63) is 29.8 Å². The normalized spacial score (nSPS) is 27.2. The summed E-state index contributed by atoms with van der Waals surface area (Å²) in [6.07, 6.45) is 1.43. The van der Waals surface area contributed by atoms with Crippen molar-refractivity contribution in [2.24, 2.45) is 5.73 Å². The Morgan fingerprint density at radius 3 is 2.60 bits per heavy atom. The topological polar surface area (TPSA) is 79.0 Å². The number of anilines is 1. The van der Waals surface area contributed by atoms with E-state index in [4.69, 9.17) is 10.5 Å². The third-order valence-electron chi connectivity index (χ3n) is 5.54. The zero-order valence-electron chi connectivity index (χ0n) is 15.2. The fraction of sp³-hybridized carbons (Fsp3) is 0.632. The van der Waals surface area contributed by atoms with Crippen LogP contribution >= 0.6 is 0 Å². The summed E-state index contributed by atoms with van der Waals surface area (Å²) < 4.78 is 5.56. The number of para-hydroxylation sites is 1. The number of benzene rings is 1. The Balaban J connectivity index is 1.59. The van der Waals surface area contributed by atoms with Crippen molar-refractivity contribution in [3.63, 3.8) is 0 Å². The van der Waals surface area contributed by atoms with E-state index in [1.165, 1.54) is 11.3 Å². The van der Waals surface area contributed by atoms with E-state index >= 15 is 0 Å². The average Bonchev–Trinajstić information content (AvgIpc) is 2.56. The van der Waals surface area contributed by atoms with Crippen molar-refractivity contribution in [1.82, 2.24) is 4.90 Å². The first-order valence-electron chi connectivity index (χ1n) is 9.01. The molecular formula is C19H29N3O3. The van der Waals surface area contributed by atoms with E-state index < -0.39 is 17.1 Å². The van der Waals surface area contributed by atoms with Gasteiger partial charge in [0.05, 0.1) is 12.2 Å². The molecule has 138 valence electrons. The van der Waals surface area contributed by atoms with Gasteiger partial charge in [0.1, 0.15) is 0 Å². The van der Waals surface area contributed by atoms with Crippen LogP contribution in [0, 0.1) is 6.92 Å². The Morgan fingerprint density at radius 1 is 1.28 bits per heavy atom. The molecule has 1 atom stereocenters.